The number of amides is 1. The fourth-order valence-electron chi connectivity index (χ4n) is 2.93. The molecule has 1 saturated heterocycles. The molecule has 1 aliphatic heterocycles. The molecular weight excluding hydrogens is 206 g/mol. The van der Waals surface area contributed by atoms with Crippen molar-refractivity contribution in [3.8, 4) is 0 Å². The van der Waals surface area contributed by atoms with Gasteiger partial charge in [0.05, 0.1) is 0 Å². The quantitative estimate of drug-likeness (QED) is 0.735. The van der Waals surface area contributed by atoms with Crippen LogP contribution in [0.1, 0.15) is 44.9 Å². The first kappa shape index (κ1) is 11.3. The third-order valence-corrected chi connectivity index (χ3v) is 4.62. The van der Waals surface area contributed by atoms with Crippen LogP contribution in [0.15, 0.2) is 0 Å². The van der Waals surface area contributed by atoms with E-state index in [2.05, 4.69) is 17.5 Å². The third-order valence-electron chi connectivity index (χ3n) is 3.95. The van der Waals surface area contributed by atoms with E-state index in [-0.39, 0.29) is 0 Å². The lowest BCUT2D eigenvalue weighted by atomic mass is 9.87. The first-order chi connectivity index (χ1) is 7.26. The van der Waals surface area contributed by atoms with E-state index < -0.39 is 0 Å². The highest BCUT2D eigenvalue weighted by Gasteiger charge is 2.35. The molecule has 2 aliphatic rings. The maximum absolute atomic E-state index is 11.7. The predicted molar refractivity (Wildman–Crippen MR) is 65.2 cm³/mol. The number of carbonyl (C=O) groups excluding carboxylic acids is 1. The Morgan fingerprint density at radius 1 is 1.20 bits per heavy atom. The molecule has 0 spiro atoms. The van der Waals surface area contributed by atoms with Crippen LogP contribution >= 0.6 is 12.6 Å². The normalized spacial score (nSPS) is 25.9. The molecule has 3 heteroatoms. The average Bonchev–Trinajstić information content (AvgIpc) is 2.71. The number of likely N-dealkylation sites (tertiary alicyclic amines) is 1. The summed E-state index contributed by atoms with van der Waals surface area (Å²) in [7, 11) is 0. The zero-order valence-electron chi connectivity index (χ0n) is 9.37. The average molecular weight is 227 g/mol. The second-order valence-corrected chi connectivity index (χ2v) is 5.45. The highest BCUT2D eigenvalue weighted by molar-refractivity contribution is 7.80. The highest BCUT2D eigenvalue weighted by Crippen LogP contribution is 2.40. The molecular formula is C12H21NOS. The van der Waals surface area contributed by atoms with E-state index in [9.17, 15) is 4.79 Å². The van der Waals surface area contributed by atoms with E-state index in [0.29, 0.717) is 11.3 Å². The lowest BCUT2D eigenvalue weighted by Gasteiger charge is -2.36. The number of piperidine rings is 1. The van der Waals surface area contributed by atoms with Gasteiger partial charge in [-0.1, -0.05) is 12.8 Å². The zero-order valence-corrected chi connectivity index (χ0v) is 10.3. The van der Waals surface area contributed by atoms with Crippen LogP contribution in [0, 0.1) is 5.41 Å². The molecule has 0 radical (unpaired) electrons. The fourth-order valence-corrected chi connectivity index (χ4v) is 3.34. The van der Waals surface area contributed by atoms with Crippen LogP contribution in [-0.2, 0) is 4.79 Å². The van der Waals surface area contributed by atoms with Crippen LogP contribution < -0.4 is 0 Å². The summed E-state index contributed by atoms with van der Waals surface area (Å²) in [6, 6.07) is 0. The van der Waals surface area contributed by atoms with E-state index in [1.54, 1.807) is 0 Å². The summed E-state index contributed by atoms with van der Waals surface area (Å²) in [4.78, 5) is 13.8. The van der Waals surface area contributed by atoms with Crippen LogP contribution in [0.25, 0.3) is 0 Å². The van der Waals surface area contributed by atoms with Gasteiger partial charge < -0.3 is 4.90 Å². The number of rotatable bonds is 3. The number of hydrogen-bond donors (Lipinski definition) is 1. The van der Waals surface area contributed by atoms with Crippen molar-refractivity contribution in [3.05, 3.63) is 0 Å². The Morgan fingerprint density at radius 2 is 1.93 bits per heavy atom. The van der Waals surface area contributed by atoms with Crippen molar-refractivity contribution in [3.63, 3.8) is 0 Å². The molecule has 0 unspecified atom stereocenters. The van der Waals surface area contributed by atoms with Crippen molar-refractivity contribution in [2.45, 2.75) is 44.9 Å². The van der Waals surface area contributed by atoms with Crippen LogP contribution in [0.4, 0.5) is 0 Å². The van der Waals surface area contributed by atoms with E-state index in [1.807, 2.05) is 0 Å². The van der Waals surface area contributed by atoms with Crippen molar-refractivity contribution in [2.24, 2.45) is 5.41 Å². The molecule has 0 bridgehead atoms. The predicted octanol–water partition coefficient (Wildman–Crippen LogP) is 2.49. The number of nitrogens with zero attached hydrogens (tertiary/aromatic N) is 1. The second-order valence-electron chi connectivity index (χ2n) is 5.14. The maximum Gasteiger partial charge on any atom is 0.222 e. The lowest BCUT2D eigenvalue weighted by molar-refractivity contribution is -0.134. The smallest absolute Gasteiger partial charge is 0.222 e. The van der Waals surface area contributed by atoms with Gasteiger partial charge >= 0.3 is 0 Å². The molecule has 0 aromatic heterocycles. The fraction of sp³-hybridized carbons (Fsp3) is 0.917. The molecule has 2 fully saturated rings. The molecule has 0 N–H and O–H groups in total. The molecule has 1 amide bonds. The Bertz CT molecular complexity index is 236. The van der Waals surface area contributed by atoms with Crippen molar-refractivity contribution in [2.75, 3.05) is 18.8 Å². The Balaban J connectivity index is 1.96. The van der Waals surface area contributed by atoms with Gasteiger partial charge in [0.15, 0.2) is 0 Å². The van der Waals surface area contributed by atoms with Crippen molar-refractivity contribution < 1.29 is 4.79 Å². The van der Waals surface area contributed by atoms with Crippen molar-refractivity contribution in [1.29, 1.82) is 0 Å². The van der Waals surface area contributed by atoms with Crippen LogP contribution in [0.2, 0.25) is 0 Å². The summed E-state index contributed by atoms with van der Waals surface area (Å²) in [6.07, 6.45) is 8.21. The summed E-state index contributed by atoms with van der Waals surface area (Å²) in [5, 5.41) is 0. The van der Waals surface area contributed by atoms with Gasteiger partial charge in [-0.3, -0.25) is 4.79 Å². The molecule has 1 heterocycles. The minimum Gasteiger partial charge on any atom is -0.342 e. The molecule has 0 aromatic carbocycles. The van der Waals surface area contributed by atoms with Gasteiger partial charge in [-0.05, 0) is 36.9 Å². The topological polar surface area (TPSA) is 20.3 Å². The van der Waals surface area contributed by atoms with Crippen LogP contribution in [0.3, 0.4) is 0 Å². The third kappa shape index (κ3) is 2.49. The largest absolute Gasteiger partial charge is 0.342 e. The Hall–Kier alpha value is -0.180. The summed E-state index contributed by atoms with van der Waals surface area (Å²) in [5.74, 6) is 1.31. The number of hydrogen-bond acceptors (Lipinski definition) is 2. The summed E-state index contributed by atoms with van der Waals surface area (Å²) < 4.78 is 0. The van der Waals surface area contributed by atoms with Gasteiger partial charge in [-0.2, -0.15) is 12.6 Å². The van der Waals surface area contributed by atoms with Gasteiger partial charge in [0.2, 0.25) is 5.91 Å². The van der Waals surface area contributed by atoms with Crippen LogP contribution in [-0.4, -0.2) is 29.6 Å². The Kier molecular flexibility index (Phi) is 3.60. The minimum absolute atomic E-state index is 0.343. The van der Waals surface area contributed by atoms with Gasteiger partial charge in [-0.25, -0.2) is 0 Å². The van der Waals surface area contributed by atoms with Gasteiger partial charge in [0.25, 0.3) is 0 Å². The minimum atomic E-state index is 0.343. The molecule has 0 aromatic rings. The molecule has 15 heavy (non-hydrogen) atoms. The van der Waals surface area contributed by atoms with Gasteiger partial charge in [-0.15, -0.1) is 0 Å². The van der Waals surface area contributed by atoms with E-state index in [1.165, 1.54) is 32.1 Å². The Labute approximate surface area is 97.8 Å². The molecule has 2 nitrogen and oxygen atoms in total. The molecule has 1 aliphatic carbocycles. The van der Waals surface area contributed by atoms with E-state index >= 15 is 0 Å². The van der Waals surface area contributed by atoms with Crippen LogP contribution in [0.5, 0.6) is 0 Å². The SMILES string of the molecule is O=C1CCCCN1CC1(CS)CCCC1. The zero-order chi connectivity index (χ0) is 10.7. The number of thiol groups is 1. The number of carbonyl (C=O) groups is 1. The standard InChI is InChI=1S/C12H21NOS/c14-11-5-1-4-8-13(11)9-12(10-15)6-2-3-7-12/h15H,1-10H2. The second kappa shape index (κ2) is 4.77. The molecule has 2 rings (SSSR count). The van der Waals surface area contributed by atoms with Crippen molar-refractivity contribution in [1.82, 2.24) is 4.90 Å². The first-order valence-electron chi connectivity index (χ1n) is 6.14. The Morgan fingerprint density at radius 3 is 2.53 bits per heavy atom. The van der Waals surface area contributed by atoms with Crippen molar-refractivity contribution >= 4 is 18.5 Å². The summed E-state index contributed by atoms with van der Waals surface area (Å²) in [6.45, 7) is 1.95. The van der Waals surface area contributed by atoms with E-state index in [0.717, 1.165) is 31.7 Å². The molecule has 86 valence electrons. The summed E-state index contributed by atoms with van der Waals surface area (Å²) in [5.41, 5.74) is 0.343. The lowest BCUT2D eigenvalue weighted by Crippen LogP contribution is -2.43. The van der Waals surface area contributed by atoms with Gasteiger partial charge in [0.1, 0.15) is 0 Å². The molecule has 0 atom stereocenters. The summed E-state index contributed by atoms with van der Waals surface area (Å²) >= 11 is 4.49. The van der Waals surface area contributed by atoms with E-state index in [4.69, 9.17) is 0 Å². The maximum atomic E-state index is 11.7. The van der Waals surface area contributed by atoms with Gasteiger partial charge in [0, 0.05) is 19.5 Å². The first-order valence-corrected chi connectivity index (χ1v) is 6.78. The molecule has 1 saturated carbocycles. The highest BCUT2D eigenvalue weighted by atomic mass is 32.1. The monoisotopic (exact) mass is 227 g/mol.